The molecule has 6 rings (SSSR count). The van der Waals surface area contributed by atoms with Gasteiger partial charge in [0.05, 0.1) is 18.8 Å². The number of benzene rings is 3. The Bertz CT molecular complexity index is 1560. The Kier molecular flexibility index (Phi) is 13.7. The Balaban J connectivity index is 1.11. The molecule has 3 heterocycles. The van der Waals surface area contributed by atoms with Gasteiger partial charge in [0.1, 0.15) is 0 Å². The Morgan fingerprint density at radius 2 is 1.59 bits per heavy atom. The predicted molar refractivity (Wildman–Crippen MR) is 200 cm³/mol. The average Bonchev–Trinajstić information content (AvgIpc) is 3.84. The molecule has 9 heteroatoms. The third-order valence-electron chi connectivity index (χ3n) is 10.6. The van der Waals surface area contributed by atoms with E-state index in [1.807, 2.05) is 24.3 Å². The van der Waals surface area contributed by atoms with Crippen molar-refractivity contribution in [2.75, 3.05) is 39.3 Å². The van der Waals surface area contributed by atoms with Crippen LogP contribution in [-0.4, -0.2) is 78.1 Å². The summed E-state index contributed by atoms with van der Waals surface area (Å²) < 4.78 is 13.5. The minimum Gasteiger partial charge on any atom is -0.392 e. The minimum absolute atomic E-state index is 0.0182. The molecule has 0 unspecified atom stereocenters. The smallest absolute Gasteiger partial charge is 0.220 e. The lowest BCUT2D eigenvalue weighted by Crippen LogP contribution is -2.45. The van der Waals surface area contributed by atoms with Gasteiger partial charge in [0, 0.05) is 57.5 Å². The summed E-state index contributed by atoms with van der Waals surface area (Å²) in [7, 11) is 0. The van der Waals surface area contributed by atoms with Gasteiger partial charge in [0.15, 0.2) is 6.29 Å². The van der Waals surface area contributed by atoms with Crippen molar-refractivity contribution in [3.8, 4) is 11.1 Å². The number of rotatable bonds is 16. The lowest BCUT2D eigenvalue weighted by Gasteiger charge is -2.39. The summed E-state index contributed by atoms with van der Waals surface area (Å²) in [5.74, 6) is 0.0234. The molecule has 51 heavy (non-hydrogen) atoms. The molecule has 9 nitrogen and oxygen atoms in total. The van der Waals surface area contributed by atoms with Crippen LogP contribution in [0.15, 0.2) is 72.8 Å². The average molecular weight is 697 g/mol. The largest absolute Gasteiger partial charge is 0.392 e. The molecule has 3 aliphatic heterocycles. The lowest BCUT2D eigenvalue weighted by atomic mass is 9.98. The summed E-state index contributed by atoms with van der Waals surface area (Å²) >= 11 is 0. The normalized spacial score (nSPS) is 22.6. The van der Waals surface area contributed by atoms with Gasteiger partial charge < -0.3 is 30.1 Å². The van der Waals surface area contributed by atoms with Gasteiger partial charge in [-0.2, -0.15) is 0 Å². The number of hydrogen-bond acceptors (Lipinski definition) is 7. The fourth-order valence-electron chi connectivity index (χ4n) is 7.77. The van der Waals surface area contributed by atoms with Crippen LogP contribution in [0.25, 0.3) is 11.1 Å². The summed E-state index contributed by atoms with van der Waals surface area (Å²) in [6, 6.07) is 25.5. The number of likely N-dealkylation sites (tertiary alicyclic amines) is 2. The number of aliphatic hydroxyl groups excluding tert-OH is 1. The minimum atomic E-state index is -0.508. The van der Waals surface area contributed by atoms with Crippen molar-refractivity contribution in [3.63, 3.8) is 0 Å². The van der Waals surface area contributed by atoms with E-state index in [1.165, 1.54) is 45.7 Å². The van der Waals surface area contributed by atoms with E-state index in [-0.39, 0.29) is 30.6 Å². The number of carbonyl (C=O) groups excluding carboxylic acids is 2. The molecule has 3 aliphatic rings. The Hall–Kier alpha value is -3.60. The first-order valence-corrected chi connectivity index (χ1v) is 19.1. The first-order chi connectivity index (χ1) is 24.9. The quantitative estimate of drug-likeness (QED) is 0.152. The van der Waals surface area contributed by atoms with Crippen LogP contribution in [-0.2, 0) is 32.2 Å². The van der Waals surface area contributed by atoms with Crippen LogP contribution in [0.1, 0.15) is 99.4 Å². The highest BCUT2D eigenvalue weighted by Gasteiger charge is 2.36. The topological polar surface area (TPSA) is 103 Å². The molecule has 274 valence electrons. The molecule has 3 fully saturated rings. The van der Waals surface area contributed by atoms with Gasteiger partial charge in [-0.3, -0.25) is 14.5 Å². The van der Waals surface area contributed by atoms with E-state index < -0.39 is 6.29 Å². The molecular weight excluding hydrogens is 640 g/mol. The summed E-state index contributed by atoms with van der Waals surface area (Å²) in [4.78, 5) is 28.8. The van der Waals surface area contributed by atoms with Crippen molar-refractivity contribution in [2.45, 2.75) is 102 Å². The maximum Gasteiger partial charge on any atom is 0.220 e. The van der Waals surface area contributed by atoms with Gasteiger partial charge in [-0.05, 0) is 98.1 Å². The van der Waals surface area contributed by atoms with E-state index in [1.54, 1.807) is 0 Å². The number of amides is 2. The molecule has 2 amide bonds. The first kappa shape index (κ1) is 37.2. The summed E-state index contributed by atoms with van der Waals surface area (Å²) in [6.07, 6.45) is 8.38. The SMILES string of the molecule is CC(=O)NCCCCCC(=O)NCc1cccc(-c2cccc([C@@H]3O[C@H](CN4CCC[C@H]4CN4CCCC4)C[C@H](c4ccc(CO)cc4)O3)c2)c1. The van der Waals surface area contributed by atoms with E-state index >= 15 is 0 Å². The Morgan fingerprint density at radius 3 is 2.37 bits per heavy atom. The molecule has 3 aromatic carbocycles. The molecule has 0 bridgehead atoms. The zero-order chi connectivity index (χ0) is 35.4. The second kappa shape index (κ2) is 18.8. The van der Waals surface area contributed by atoms with Crippen LogP contribution in [0, 0.1) is 0 Å². The molecule has 0 spiro atoms. The number of aliphatic hydroxyl groups is 1. The highest BCUT2D eigenvalue weighted by molar-refractivity contribution is 5.76. The zero-order valence-electron chi connectivity index (χ0n) is 30.2. The second-order valence-electron chi connectivity index (χ2n) is 14.5. The highest BCUT2D eigenvalue weighted by Crippen LogP contribution is 2.39. The zero-order valence-corrected chi connectivity index (χ0v) is 30.2. The number of nitrogens with zero attached hydrogens (tertiary/aromatic N) is 2. The van der Waals surface area contributed by atoms with E-state index in [0.717, 1.165) is 78.7 Å². The van der Waals surface area contributed by atoms with Crippen LogP contribution in [0.3, 0.4) is 0 Å². The van der Waals surface area contributed by atoms with Gasteiger partial charge in [-0.15, -0.1) is 0 Å². The van der Waals surface area contributed by atoms with Crippen LogP contribution in [0.4, 0.5) is 0 Å². The van der Waals surface area contributed by atoms with Crippen LogP contribution in [0.5, 0.6) is 0 Å². The Morgan fingerprint density at radius 1 is 0.804 bits per heavy atom. The molecule has 0 radical (unpaired) electrons. The predicted octanol–water partition coefficient (Wildman–Crippen LogP) is 6.26. The monoisotopic (exact) mass is 696 g/mol. The van der Waals surface area contributed by atoms with Crippen molar-refractivity contribution < 1.29 is 24.2 Å². The molecule has 3 N–H and O–H groups in total. The van der Waals surface area contributed by atoms with E-state index in [2.05, 4.69) is 69.0 Å². The molecule has 3 aromatic rings. The van der Waals surface area contributed by atoms with Crippen LogP contribution < -0.4 is 10.6 Å². The van der Waals surface area contributed by atoms with Crippen LogP contribution in [0.2, 0.25) is 0 Å². The summed E-state index contributed by atoms with van der Waals surface area (Å²) in [5.41, 5.74) is 6.18. The maximum atomic E-state index is 12.5. The molecule has 0 aromatic heterocycles. The number of unbranched alkanes of at least 4 members (excludes halogenated alkanes) is 2. The summed E-state index contributed by atoms with van der Waals surface area (Å²) in [5, 5.41) is 15.5. The van der Waals surface area contributed by atoms with Crippen molar-refractivity contribution in [1.82, 2.24) is 20.4 Å². The standard InChI is InChI=1S/C42H56N4O5/c1-31(48)43-20-4-2-3-15-41(49)44-27-33-10-7-11-35(24-33)36-12-8-13-37(25-36)42-50-39(26-40(51-42)34-18-16-32(30-47)17-19-34)29-46-23-9-14-38(46)28-45-21-5-6-22-45/h7-8,10-13,16-19,24-25,38-40,42,47H,2-6,9,14-15,20-23,26-30H2,1H3,(H,43,48)(H,44,49)/t38-,39-,40+,42+/m0/s1. The first-order valence-electron chi connectivity index (χ1n) is 19.1. The maximum absolute atomic E-state index is 12.5. The van der Waals surface area contributed by atoms with E-state index in [0.29, 0.717) is 25.6 Å². The molecule has 4 atom stereocenters. The van der Waals surface area contributed by atoms with Crippen molar-refractivity contribution in [1.29, 1.82) is 0 Å². The third kappa shape index (κ3) is 10.9. The van der Waals surface area contributed by atoms with E-state index in [4.69, 9.17) is 9.47 Å². The van der Waals surface area contributed by atoms with Crippen molar-refractivity contribution >= 4 is 11.8 Å². The second-order valence-corrected chi connectivity index (χ2v) is 14.5. The fourth-order valence-corrected chi connectivity index (χ4v) is 7.77. The molecule has 3 saturated heterocycles. The lowest BCUT2D eigenvalue weighted by molar-refractivity contribution is -0.253. The summed E-state index contributed by atoms with van der Waals surface area (Å²) in [6.45, 7) is 8.29. The van der Waals surface area contributed by atoms with E-state index in [9.17, 15) is 14.7 Å². The molecular formula is C42H56N4O5. The fraction of sp³-hybridized carbons (Fsp3) is 0.524. The third-order valence-corrected chi connectivity index (χ3v) is 10.6. The Labute approximate surface area is 303 Å². The van der Waals surface area contributed by atoms with Gasteiger partial charge in [0.25, 0.3) is 0 Å². The van der Waals surface area contributed by atoms with Gasteiger partial charge in [-0.1, -0.05) is 67.1 Å². The van der Waals surface area contributed by atoms with Crippen LogP contribution >= 0.6 is 0 Å². The molecule has 0 aliphatic carbocycles. The van der Waals surface area contributed by atoms with Gasteiger partial charge >= 0.3 is 0 Å². The highest BCUT2D eigenvalue weighted by atomic mass is 16.7. The number of ether oxygens (including phenoxy) is 2. The number of carbonyl (C=O) groups is 2. The van der Waals surface area contributed by atoms with Gasteiger partial charge in [0.2, 0.25) is 11.8 Å². The van der Waals surface area contributed by atoms with Crippen molar-refractivity contribution in [3.05, 3.63) is 95.1 Å². The number of hydrogen-bond donors (Lipinski definition) is 3. The van der Waals surface area contributed by atoms with Gasteiger partial charge in [-0.25, -0.2) is 0 Å². The molecule has 0 saturated carbocycles. The number of nitrogens with one attached hydrogen (secondary N) is 2. The van der Waals surface area contributed by atoms with Crippen molar-refractivity contribution in [2.24, 2.45) is 0 Å².